The second-order valence-corrected chi connectivity index (χ2v) is 4.54. The number of carbonyl (C=O) groups excluding carboxylic acids is 1. The van der Waals surface area contributed by atoms with E-state index in [4.69, 9.17) is 5.11 Å². The summed E-state index contributed by atoms with van der Waals surface area (Å²) in [7, 11) is 0. The Balaban J connectivity index is 2.44. The lowest BCUT2D eigenvalue weighted by Gasteiger charge is -2.13. The minimum absolute atomic E-state index is 0.0571. The second-order valence-electron chi connectivity index (χ2n) is 4.54. The maximum absolute atomic E-state index is 11.7. The van der Waals surface area contributed by atoms with E-state index in [2.05, 4.69) is 10.3 Å². The highest BCUT2D eigenvalue weighted by molar-refractivity contribution is 5.78. The fraction of sp³-hybridized carbons (Fsp3) is 0.500. The van der Waals surface area contributed by atoms with Gasteiger partial charge < -0.3 is 15.4 Å². The van der Waals surface area contributed by atoms with E-state index in [1.54, 1.807) is 6.92 Å². The minimum atomic E-state index is -0.871. The largest absolute Gasteiger partial charge is 0.481 e. The smallest absolute Gasteiger partial charge is 0.325 e. The Morgan fingerprint density at radius 1 is 1.35 bits per heavy atom. The van der Waals surface area contributed by atoms with Gasteiger partial charge in [0.1, 0.15) is 0 Å². The van der Waals surface area contributed by atoms with E-state index in [9.17, 15) is 19.2 Å². The minimum Gasteiger partial charge on any atom is -0.481 e. The summed E-state index contributed by atoms with van der Waals surface area (Å²) >= 11 is 0. The van der Waals surface area contributed by atoms with Gasteiger partial charge in [-0.1, -0.05) is 0 Å². The van der Waals surface area contributed by atoms with Crippen molar-refractivity contribution < 1.29 is 14.7 Å². The van der Waals surface area contributed by atoms with Crippen LogP contribution in [0.3, 0.4) is 0 Å². The van der Waals surface area contributed by atoms with Crippen molar-refractivity contribution >= 4 is 11.9 Å². The molecule has 0 aliphatic heterocycles. The Kier molecular flexibility index (Phi) is 5.70. The molecule has 1 amide bonds. The Bertz CT molecular complexity index is 561. The standard InChI is InChI=1S/C12H17N3O5/c1-7(3-2-4-11(18)19)13-9(16)5-8-6-10(17)15-12(20)14-8/h6-7H,2-5H2,1H3,(H,13,16)(H,18,19)(H2,14,15,17,20). The van der Waals surface area contributed by atoms with Crippen LogP contribution in [-0.2, 0) is 16.0 Å². The lowest BCUT2D eigenvalue weighted by molar-refractivity contribution is -0.137. The van der Waals surface area contributed by atoms with Gasteiger partial charge >= 0.3 is 11.7 Å². The summed E-state index contributed by atoms with van der Waals surface area (Å²) in [5, 5.41) is 11.2. The number of carboxylic acid groups (broad SMARTS) is 1. The number of hydrogen-bond acceptors (Lipinski definition) is 4. The summed E-state index contributed by atoms with van der Waals surface area (Å²) in [5.41, 5.74) is -0.991. The molecule has 4 N–H and O–H groups in total. The number of nitrogens with one attached hydrogen (secondary N) is 3. The number of hydrogen-bond donors (Lipinski definition) is 4. The normalized spacial score (nSPS) is 11.8. The van der Waals surface area contributed by atoms with E-state index < -0.39 is 17.2 Å². The van der Waals surface area contributed by atoms with Gasteiger partial charge in [0.2, 0.25) is 5.91 Å². The van der Waals surface area contributed by atoms with Crippen LogP contribution in [0.1, 0.15) is 31.9 Å². The maximum atomic E-state index is 11.7. The number of aliphatic carboxylic acids is 1. The third kappa shape index (κ3) is 5.98. The molecule has 1 unspecified atom stereocenters. The number of H-pyrrole nitrogens is 2. The molecular formula is C12H17N3O5. The van der Waals surface area contributed by atoms with E-state index in [-0.39, 0.29) is 30.5 Å². The molecule has 1 rings (SSSR count). The van der Waals surface area contributed by atoms with Gasteiger partial charge in [-0.05, 0) is 19.8 Å². The summed E-state index contributed by atoms with van der Waals surface area (Å²) < 4.78 is 0. The molecule has 0 fully saturated rings. The quantitative estimate of drug-likeness (QED) is 0.528. The first-order chi connectivity index (χ1) is 9.36. The van der Waals surface area contributed by atoms with Gasteiger partial charge in [-0.2, -0.15) is 0 Å². The molecule has 1 atom stereocenters. The van der Waals surface area contributed by atoms with Crippen LogP contribution < -0.4 is 16.6 Å². The number of carbonyl (C=O) groups is 2. The van der Waals surface area contributed by atoms with E-state index in [1.807, 2.05) is 4.98 Å². The van der Waals surface area contributed by atoms with Crippen molar-refractivity contribution in [2.45, 2.75) is 38.6 Å². The van der Waals surface area contributed by atoms with E-state index in [0.29, 0.717) is 12.8 Å². The molecule has 1 aromatic rings. The van der Waals surface area contributed by atoms with Crippen LogP contribution in [0.2, 0.25) is 0 Å². The molecule has 8 heteroatoms. The molecule has 0 saturated heterocycles. The summed E-state index contributed by atoms with van der Waals surface area (Å²) in [5.74, 6) is -1.21. The monoisotopic (exact) mass is 283 g/mol. The van der Waals surface area contributed by atoms with Crippen LogP contribution in [0.5, 0.6) is 0 Å². The van der Waals surface area contributed by atoms with Crippen molar-refractivity contribution in [1.29, 1.82) is 0 Å². The highest BCUT2D eigenvalue weighted by Crippen LogP contribution is 2.01. The van der Waals surface area contributed by atoms with Crippen molar-refractivity contribution in [3.63, 3.8) is 0 Å². The molecular weight excluding hydrogens is 266 g/mol. The van der Waals surface area contributed by atoms with E-state index in [0.717, 1.165) is 6.07 Å². The molecule has 20 heavy (non-hydrogen) atoms. The highest BCUT2D eigenvalue weighted by atomic mass is 16.4. The number of aromatic nitrogens is 2. The molecule has 1 heterocycles. The Morgan fingerprint density at radius 3 is 2.65 bits per heavy atom. The second kappa shape index (κ2) is 7.27. The van der Waals surface area contributed by atoms with Crippen LogP contribution in [-0.4, -0.2) is 33.0 Å². The summed E-state index contributed by atoms with van der Waals surface area (Å²) in [6.45, 7) is 1.76. The number of aromatic amines is 2. The SMILES string of the molecule is CC(CCCC(=O)O)NC(=O)Cc1cc(=O)[nH]c(=O)[nH]1. The van der Waals surface area contributed by atoms with Gasteiger partial charge in [0.05, 0.1) is 6.42 Å². The van der Waals surface area contributed by atoms with Crippen LogP contribution in [0.15, 0.2) is 15.7 Å². The molecule has 1 aromatic heterocycles. The molecule has 0 spiro atoms. The number of amides is 1. The summed E-state index contributed by atoms with van der Waals surface area (Å²) in [4.78, 5) is 48.5. The molecule has 0 aromatic carbocycles. The van der Waals surface area contributed by atoms with Crippen molar-refractivity contribution in [1.82, 2.24) is 15.3 Å². The Morgan fingerprint density at radius 2 is 2.05 bits per heavy atom. The number of carboxylic acids is 1. The zero-order valence-electron chi connectivity index (χ0n) is 11.1. The molecule has 0 aliphatic carbocycles. The third-order valence-electron chi connectivity index (χ3n) is 2.60. The lowest BCUT2D eigenvalue weighted by atomic mass is 10.1. The summed E-state index contributed by atoms with van der Waals surface area (Å²) in [6, 6.07) is 0.978. The van der Waals surface area contributed by atoms with Gasteiger partial charge in [-0.15, -0.1) is 0 Å². The highest BCUT2D eigenvalue weighted by Gasteiger charge is 2.10. The zero-order chi connectivity index (χ0) is 15.1. The van der Waals surface area contributed by atoms with Gasteiger partial charge in [0.15, 0.2) is 0 Å². The fourth-order valence-corrected chi connectivity index (χ4v) is 1.75. The zero-order valence-corrected chi connectivity index (χ0v) is 11.1. The first-order valence-corrected chi connectivity index (χ1v) is 6.20. The molecule has 0 radical (unpaired) electrons. The molecule has 110 valence electrons. The third-order valence-corrected chi connectivity index (χ3v) is 2.60. The van der Waals surface area contributed by atoms with Crippen LogP contribution >= 0.6 is 0 Å². The van der Waals surface area contributed by atoms with E-state index >= 15 is 0 Å². The first-order valence-electron chi connectivity index (χ1n) is 6.20. The fourth-order valence-electron chi connectivity index (χ4n) is 1.75. The van der Waals surface area contributed by atoms with Crippen LogP contribution in [0.4, 0.5) is 0 Å². The molecule has 0 saturated carbocycles. The van der Waals surface area contributed by atoms with Crippen molar-refractivity contribution in [2.24, 2.45) is 0 Å². The average molecular weight is 283 g/mol. The molecule has 8 nitrogen and oxygen atoms in total. The van der Waals surface area contributed by atoms with Crippen molar-refractivity contribution in [3.05, 3.63) is 32.6 Å². The Labute approximate surface area is 114 Å². The summed E-state index contributed by atoms with van der Waals surface area (Å²) in [6.07, 6.45) is 0.965. The molecule has 0 bridgehead atoms. The molecule has 0 aliphatic rings. The first kappa shape index (κ1) is 15.7. The maximum Gasteiger partial charge on any atom is 0.325 e. The van der Waals surface area contributed by atoms with Gasteiger partial charge in [-0.25, -0.2) is 4.79 Å². The van der Waals surface area contributed by atoms with Crippen LogP contribution in [0.25, 0.3) is 0 Å². The van der Waals surface area contributed by atoms with Crippen LogP contribution in [0, 0.1) is 0 Å². The predicted octanol–water partition coefficient (Wildman–Crippen LogP) is -0.635. The van der Waals surface area contributed by atoms with Crippen molar-refractivity contribution in [3.8, 4) is 0 Å². The van der Waals surface area contributed by atoms with Gasteiger partial charge in [0.25, 0.3) is 5.56 Å². The predicted molar refractivity (Wildman–Crippen MR) is 70.5 cm³/mol. The van der Waals surface area contributed by atoms with Gasteiger partial charge in [0, 0.05) is 24.2 Å². The topological polar surface area (TPSA) is 132 Å². The lowest BCUT2D eigenvalue weighted by Crippen LogP contribution is -2.35. The van der Waals surface area contributed by atoms with Gasteiger partial charge in [-0.3, -0.25) is 19.4 Å². The average Bonchev–Trinajstić information content (AvgIpc) is 2.25. The van der Waals surface area contributed by atoms with Crippen molar-refractivity contribution in [2.75, 3.05) is 0 Å². The Hall–Kier alpha value is -2.38. The van der Waals surface area contributed by atoms with E-state index in [1.165, 1.54) is 0 Å². The number of rotatable bonds is 7.